The van der Waals surface area contributed by atoms with Crippen LogP contribution in [0.5, 0.6) is 0 Å². The van der Waals surface area contributed by atoms with Crippen molar-refractivity contribution in [1.82, 2.24) is 19.8 Å². The Bertz CT molecular complexity index is 854. The molecule has 8 nitrogen and oxygen atoms in total. The molecule has 3 heterocycles. The number of Topliss-reactive ketones (excluding diaryl/α,β-unsaturated/α-hetero) is 1. The third-order valence-electron chi connectivity index (χ3n) is 5.17. The molecule has 1 amide bonds. The maximum atomic E-state index is 12.6. The van der Waals surface area contributed by atoms with Crippen molar-refractivity contribution < 1.29 is 19.2 Å². The van der Waals surface area contributed by atoms with Gasteiger partial charge in [-0.25, -0.2) is 0 Å². The monoisotopic (exact) mass is 374 g/mol. The molecular formula is C19H26N4O4. The first-order valence-electron chi connectivity index (χ1n) is 9.19. The zero-order chi connectivity index (χ0) is 19.7. The van der Waals surface area contributed by atoms with Crippen LogP contribution in [0.1, 0.15) is 46.5 Å². The number of carbonyl (C=O) groups is 2. The summed E-state index contributed by atoms with van der Waals surface area (Å²) < 4.78 is 6.93. The molecule has 0 saturated carbocycles. The summed E-state index contributed by atoms with van der Waals surface area (Å²) in [5, 5.41) is 18.5. The minimum Gasteiger partial charge on any atom is -0.391 e. The lowest BCUT2D eigenvalue weighted by molar-refractivity contribution is -0.130. The maximum Gasteiger partial charge on any atom is 0.224 e. The summed E-state index contributed by atoms with van der Waals surface area (Å²) >= 11 is 0. The lowest BCUT2D eigenvalue weighted by Gasteiger charge is -2.16. The molecule has 8 heteroatoms. The molecule has 2 aromatic heterocycles. The average Bonchev–Trinajstić information content (AvgIpc) is 3.24. The summed E-state index contributed by atoms with van der Waals surface area (Å²) in [6.07, 6.45) is 0.267. The molecule has 2 atom stereocenters. The van der Waals surface area contributed by atoms with Gasteiger partial charge in [0.05, 0.1) is 23.1 Å². The second-order valence-corrected chi connectivity index (χ2v) is 7.34. The van der Waals surface area contributed by atoms with Gasteiger partial charge < -0.3 is 14.5 Å². The first-order chi connectivity index (χ1) is 12.8. The highest BCUT2D eigenvalue weighted by Gasteiger charge is 2.34. The van der Waals surface area contributed by atoms with E-state index < -0.39 is 6.10 Å². The predicted octanol–water partition coefficient (Wildman–Crippen LogP) is 1.45. The number of rotatable bonds is 6. The van der Waals surface area contributed by atoms with Crippen molar-refractivity contribution in [2.24, 2.45) is 5.92 Å². The maximum absolute atomic E-state index is 12.6. The van der Waals surface area contributed by atoms with Crippen molar-refractivity contribution in [3.05, 3.63) is 34.5 Å². The first kappa shape index (κ1) is 19.3. The van der Waals surface area contributed by atoms with Gasteiger partial charge in [0.15, 0.2) is 5.78 Å². The third kappa shape index (κ3) is 4.10. The Morgan fingerprint density at radius 2 is 2.04 bits per heavy atom. The minimum atomic E-state index is -0.572. The summed E-state index contributed by atoms with van der Waals surface area (Å²) in [7, 11) is 0. The number of aliphatic hydroxyl groups excluding tert-OH is 1. The zero-order valence-corrected chi connectivity index (χ0v) is 16.2. The van der Waals surface area contributed by atoms with Crippen molar-refractivity contribution in [1.29, 1.82) is 0 Å². The Labute approximate surface area is 158 Å². The number of ketones is 1. The summed E-state index contributed by atoms with van der Waals surface area (Å²) in [6.45, 7) is 8.25. The van der Waals surface area contributed by atoms with Gasteiger partial charge in [0.25, 0.3) is 0 Å². The van der Waals surface area contributed by atoms with Crippen LogP contribution in [0.2, 0.25) is 0 Å². The molecule has 1 N–H and O–H groups in total. The second kappa shape index (κ2) is 7.64. The van der Waals surface area contributed by atoms with Crippen LogP contribution in [0.25, 0.3) is 0 Å². The SMILES string of the molecule is CC(=O)c1c(C)nn(CCC(=O)N2CC(O)C(Cc3cc(C)no3)C2)c1C. The topological polar surface area (TPSA) is 101 Å². The van der Waals surface area contributed by atoms with E-state index in [-0.39, 0.29) is 24.0 Å². The molecule has 2 unspecified atom stereocenters. The summed E-state index contributed by atoms with van der Waals surface area (Å²) in [4.78, 5) is 26.0. The molecule has 0 bridgehead atoms. The lowest BCUT2D eigenvalue weighted by Crippen LogP contribution is -2.30. The summed E-state index contributed by atoms with van der Waals surface area (Å²) in [5.41, 5.74) is 2.90. The van der Waals surface area contributed by atoms with Crippen LogP contribution in [0.15, 0.2) is 10.6 Å². The number of β-amino-alcohol motifs (C(OH)–C–C–N with tert-alkyl or cyclic N) is 1. The Morgan fingerprint density at radius 3 is 2.63 bits per heavy atom. The smallest absolute Gasteiger partial charge is 0.224 e. The van der Waals surface area contributed by atoms with Crippen LogP contribution >= 0.6 is 0 Å². The number of aryl methyl sites for hydroxylation is 3. The van der Waals surface area contributed by atoms with Gasteiger partial charge in [0.1, 0.15) is 5.76 Å². The zero-order valence-electron chi connectivity index (χ0n) is 16.2. The molecule has 146 valence electrons. The highest BCUT2D eigenvalue weighted by Crippen LogP contribution is 2.23. The largest absolute Gasteiger partial charge is 0.391 e. The summed E-state index contributed by atoms with van der Waals surface area (Å²) in [6, 6.07) is 1.85. The van der Waals surface area contributed by atoms with E-state index in [9.17, 15) is 14.7 Å². The van der Waals surface area contributed by atoms with Crippen LogP contribution in [0.3, 0.4) is 0 Å². The molecule has 1 saturated heterocycles. The number of hydrogen-bond donors (Lipinski definition) is 1. The van der Waals surface area contributed by atoms with Crippen LogP contribution in [0, 0.1) is 26.7 Å². The normalized spacial score (nSPS) is 19.7. The van der Waals surface area contributed by atoms with Gasteiger partial charge in [-0.3, -0.25) is 14.3 Å². The average molecular weight is 374 g/mol. The standard InChI is InChI=1S/C19H26N4O4/c1-11-7-16(27-21-11)8-15-9-22(10-17(15)25)18(26)5-6-23-13(3)19(14(4)24)12(2)20-23/h7,15,17,25H,5-6,8-10H2,1-4H3. The molecule has 1 aliphatic rings. The lowest BCUT2D eigenvalue weighted by atomic mass is 10.0. The van der Waals surface area contributed by atoms with Gasteiger partial charge >= 0.3 is 0 Å². The second-order valence-electron chi connectivity index (χ2n) is 7.34. The van der Waals surface area contributed by atoms with E-state index in [1.165, 1.54) is 6.92 Å². The molecule has 0 aliphatic carbocycles. The van der Waals surface area contributed by atoms with Gasteiger partial charge in [0, 0.05) is 50.2 Å². The van der Waals surface area contributed by atoms with Crippen molar-refractivity contribution in [2.75, 3.05) is 13.1 Å². The van der Waals surface area contributed by atoms with E-state index in [4.69, 9.17) is 4.52 Å². The Hall–Kier alpha value is -2.48. The number of carbonyl (C=O) groups excluding carboxylic acids is 2. The molecule has 27 heavy (non-hydrogen) atoms. The molecular weight excluding hydrogens is 348 g/mol. The van der Waals surface area contributed by atoms with E-state index >= 15 is 0 Å². The molecule has 1 aliphatic heterocycles. The van der Waals surface area contributed by atoms with Gasteiger partial charge in [-0.15, -0.1) is 0 Å². The van der Waals surface area contributed by atoms with Gasteiger partial charge in [0.2, 0.25) is 5.91 Å². The molecule has 2 aromatic rings. The van der Waals surface area contributed by atoms with Crippen molar-refractivity contribution in [2.45, 2.75) is 53.2 Å². The Morgan fingerprint density at radius 1 is 1.30 bits per heavy atom. The van der Waals surface area contributed by atoms with Gasteiger partial charge in [-0.2, -0.15) is 5.10 Å². The van der Waals surface area contributed by atoms with Crippen molar-refractivity contribution in [3.8, 4) is 0 Å². The Kier molecular flexibility index (Phi) is 5.46. The van der Waals surface area contributed by atoms with E-state index in [0.29, 0.717) is 37.3 Å². The van der Waals surface area contributed by atoms with E-state index in [1.54, 1.807) is 16.5 Å². The predicted molar refractivity (Wildman–Crippen MR) is 97.3 cm³/mol. The molecule has 1 fully saturated rings. The van der Waals surface area contributed by atoms with Crippen LogP contribution in [-0.2, 0) is 17.8 Å². The highest BCUT2D eigenvalue weighted by atomic mass is 16.5. The molecule has 0 aromatic carbocycles. The number of aromatic nitrogens is 3. The molecule has 3 rings (SSSR count). The number of likely N-dealkylation sites (tertiary alicyclic amines) is 1. The van der Waals surface area contributed by atoms with Crippen molar-refractivity contribution >= 4 is 11.7 Å². The quantitative estimate of drug-likeness (QED) is 0.768. The number of amides is 1. The van der Waals surface area contributed by atoms with E-state index in [1.807, 2.05) is 19.9 Å². The van der Waals surface area contributed by atoms with Gasteiger partial charge in [-0.05, 0) is 27.7 Å². The fourth-order valence-corrected chi connectivity index (χ4v) is 3.81. The first-order valence-corrected chi connectivity index (χ1v) is 9.19. The van der Waals surface area contributed by atoms with Crippen LogP contribution in [0.4, 0.5) is 0 Å². The number of hydrogen-bond acceptors (Lipinski definition) is 6. The number of aliphatic hydroxyl groups is 1. The minimum absolute atomic E-state index is 0.0178. The number of nitrogens with zero attached hydrogens (tertiary/aromatic N) is 4. The molecule has 0 spiro atoms. The molecule has 0 radical (unpaired) electrons. The van der Waals surface area contributed by atoms with Crippen LogP contribution < -0.4 is 0 Å². The summed E-state index contributed by atoms with van der Waals surface area (Å²) in [5.74, 6) is 0.627. The highest BCUT2D eigenvalue weighted by molar-refractivity contribution is 5.96. The third-order valence-corrected chi connectivity index (χ3v) is 5.17. The van der Waals surface area contributed by atoms with E-state index in [0.717, 1.165) is 17.1 Å². The van der Waals surface area contributed by atoms with E-state index in [2.05, 4.69) is 10.3 Å². The Balaban J connectivity index is 1.57. The fraction of sp³-hybridized carbons (Fsp3) is 0.579. The van der Waals surface area contributed by atoms with Crippen molar-refractivity contribution in [3.63, 3.8) is 0 Å². The fourth-order valence-electron chi connectivity index (χ4n) is 3.81. The van der Waals surface area contributed by atoms with Gasteiger partial charge in [-0.1, -0.05) is 5.16 Å². The van der Waals surface area contributed by atoms with Crippen LogP contribution in [-0.4, -0.2) is 55.8 Å².